The van der Waals surface area contributed by atoms with E-state index in [2.05, 4.69) is 4.98 Å². The topological polar surface area (TPSA) is 30.0 Å². The van der Waals surface area contributed by atoms with Crippen molar-refractivity contribution in [3.8, 4) is 11.3 Å². The lowest BCUT2D eigenvalue weighted by Gasteiger charge is -1.93. The van der Waals surface area contributed by atoms with E-state index in [9.17, 15) is 4.79 Å². The Morgan fingerprint density at radius 3 is 2.73 bits per heavy atom. The summed E-state index contributed by atoms with van der Waals surface area (Å²) >= 11 is 1.53. The number of rotatable bonds is 3. The summed E-state index contributed by atoms with van der Waals surface area (Å²) in [5.74, 6) is 0. The van der Waals surface area contributed by atoms with Crippen LogP contribution in [0.2, 0.25) is 0 Å². The lowest BCUT2D eigenvalue weighted by atomic mass is 10.2. The smallest absolute Gasteiger partial charge is 0.142 e. The highest BCUT2D eigenvalue weighted by molar-refractivity contribution is 7.10. The van der Waals surface area contributed by atoms with E-state index in [-0.39, 0.29) is 0 Å². The zero-order valence-electron chi connectivity index (χ0n) is 7.96. The molecular formula is C12H9NOS. The van der Waals surface area contributed by atoms with Crippen LogP contribution in [-0.4, -0.2) is 11.3 Å². The molecule has 0 saturated carbocycles. The molecule has 74 valence electrons. The summed E-state index contributed by atoms with van der Waals surface area (Å²) in [6.45, 7) is 0. The molecule has 0 saturated heterocycles. The molecule has 0 aliphatic rings. The van der Waals surface area contributed by atoms with Gasteiger partial charge in [-0.05, 0) is 12.2 Å². The summed E-state index contributed by atoms with van der Waals surface area (Å²) in [5.41, 5.74) is 2.05. The Morgan fingerprint density at radius 2 is 2.00 bits per heavy atom. The van der Waals surface area contributed by atoms with Crippen LogP contribution in [0.3, 0.4) is 0 Å². The summed E-state index contributed by atoms with van der Waals surface area (Å²) in [6, 6.07) is 9.97. The minimum absolute atomic E-state index is 0.754. The van der Waals surface area contributed by atoms with E-state index in [1.165, 1.54) is 17.4 Å². The van der Waals surface area contributed by atoms with Gasteiger partial charge in [-0.25, -0.2) is 4.98 Å². The molecule has 15 heavy (non-hydrogen) atoms. The molecule has 0 aliphatic heterocycles. The van der Waals surface area contributed by atoms with Gasteiger partial charge in [0.25, 0.3) is 0 Å². The molecule has 0 bridgehead atoms. The average Bonchev–Trinajstić information content (AvgIpc) is 2.76. The minimum Gasteiger partial charge on any atom is -0.299 e. The van der Waals surface area contributed by atoms with Gasteiger partial charge < -0.3 is 0 Å². The van der Waals surface area contributed by atoms with E-state index in [4.69, 9.17) is 0 Å². The Balaban J connectivity index is 2.28. The second kappa shape index (κ2) is 4.66. The van der Waals surface area contributed by atoms with Gasteiger partial charge in [-0.3, -0.25) is 4.79 Å². The number of hydrogen-bond acceptors (Lipinski definition) is 3. The lowest BCUT2D eigenvalue weighted by Crippen LogP contribution is -1.76. The van der Waals surface area contributed by atoms with Crippen molar-refractivity contribution < 1.29 is 4.79 Å². The standard InChI is InChI=1S/C12H9NOS/c14-8-4-7-12-13-11(9-15-12)10-5-2-1-3-6-10/h1-9H. The third kappa shape index (κ3) is 2.39. The Labute approximate surface area is 91.9 Å². The van der Waals surface area contributed by atoms with Crippen molar-refractivity contribution in [2.75, 3.05) is 0 Å². The van der Waals surface area contributed by atoms with Gasteiger partial charge in [-0.2, -0.15) is 0 Å². The second-order valence-electron chi connectivity index (χ2n) is 2.93. The number of carbonyl (C=O) groups excluding carboxylic acids is 1. The van der Waals surface area contributed by atoms with Crippen LogP contribution in [-0.2, 0) is 4.79 Å². The second-order valence-corrected chi connectivity index (χ2v) is 3.82. The number of carbonyl (C=O) groups is 1. The quantitative estimate of drug-likeness (QED) is 0.582. The molecule has 0 unspecified atom stereocenters. The molecule has 2 rings (SSSR count). The molecule has 1 aromatic heterocycles. The summed E-state index contributed by atoms with van der Waals surface area (Å²) in [5, 5.41) is 2.83. The van der Waals surface area contributed by atoms with E-state index >= 15 is 0 Å². The Kier molecular flexibility index (Phi) is 3.05. The number of hydrogen-bond donors (Lipinski definition) is 0. The highest BCUT2D eigenvalue weighted by Gasteiger charge is 2.00. The predicted octanol–water partition coefficient (Wildman–Crippen LogP) is 3.02. The maximum Gasteiger partial charge on any atom is 0.142 e. The first-order chi connectivity index (χ1) is 7.40. The Hall–Kier alpha value is -1.74. The van der Waals surface area contributed by atoms with Crippen LogP contribution < -0.4 is 0 Å². The Morgan fingerprint density at radius 1 is 1.20 bits per heavy atom. The van der Waals surface area contributed by atoms with Gasteiger partial charge in [0.1, 0.15) is 11.3 Å². The van der Waals surface area contributed by atoms with E-state index in [1.807, 2.05) is 35.7 Å². The molecule has 0 spiro atoms. The molecule has 0 fully saturated rings. The number of thiazole rings is 1. The van der Waals surface area contributed by atoms with Crippen molar-refractivity contribution in [2.45, 2.75) is 0 Å². The van der Waals surface area contributed by atoms with E-state index < -0.39 is 0 Å². The largest absolute Gasteiger partial charge is 0.299 e. The molecule has 3 heteroatoms. The van der Waals surface area contributed by atoms with Crippen molar-refractivity contribution in [2.24, 2.45) is 0 Å². The van der Waals surface area contributed by atoms with Crippen molar-refractivity contribution in [3.63, 3.8) is 0 Å². The van der Waals surface area contributed by atoms with E-state index in [0.29, 0.717) is 0 Å². The fourth-order valence-electron chi connectivity index (χ4n) is 1.23. The van der Waals surface area contributed by atoms with E-state index in [0.717, 1.165) is 22.6 Å². The van der Waals surface area contributed by atoms with Crippen LogP contribution in [0.1, 0.15) is 5.01 Å². The normalized spacial score (nSPS) is 10.7. The van der Waals surface area contributed by atoms with Gasteiger partial charge in [-0.15, -0.1) is 11.3 Å². The highest BCUT2D eigenvalue weighted by Crippen LogP contribution is 2.21. The van der Waals surface area contributed by atoms with Gasteiger partial charge in [0.05, 0.1) is 5.69 Å². The molecule has 0 aliphatic carbocycles. The van der Waals surface area contributed by atoms with Gasteiger partial charge in [0.2, 0.25) is 0 Å². The van der Waals surface area contributed by atoms with Crippen molar-refractivity contribution in [3.05, 3.63) is 46.8 Å². The molecule has 2 aromatic rings. The van der Waals surface area contributed by atoms with Crippen LogP contribution >= 0.6 is 11.3 Å². The maximum atomic E-state index is 10.1. The molecule has 1 heterocycles. The van der Waals surface area contributed by atoms with Crippen LogP contribution in [0, 0.1) is 0 Å². The summed E-state index contributed by atoms with van der Waals surface area (Å²) < 4.78 is 0. The van der Waals surface area contributed by atoms with E-state index in [1.54, 1.807) is 6.08 Å². The first-order valence-electron chi connectivity index (χ1n) is 4.53. The zero-order valence-corrected chi connectivity index (χ0v) is 8.78. The Bertz CT molecular complexity index is 473. The van der Waals surface area contributed by atoms with Crippen LogP contribution in [0.5, 0.6) is 0 Å². The summed E-state index contributed by atoms with van der Waals surface area (Å²) in [4.78, 5) is 14.5. The third-order valence-electron chi connectivity index (χ3n) is 1.91. The van der Waals surface area contributed by atoms with Gasteiger partial charge in [0, 0.05) is 10.9 Å². The molecule has 0 radical (unpaired) electrons. The monoisotopic (exact) mass is 215 g/mol. The fraction of sp³-hybridized carbons (Fsp3) is 0. The fourth-order valence-corrected chi connectivity index (χ4v) is 1.96. The molecule has 1 aromatic carbocycles. The van der Waals surface area contributed by atoms with Gasteiger partial charge >= 0.3 is 0 Å². The minimum atomic E-state index is 0.754. The number of aromatic nitrogens is 1. The van der Waals surface area contributed by atoms with Crippen molar-refractivity contribution in [1.82, 2.24) is 4.98 Å². The lowest BCUT2D eigenvalue weighted by molar-refractivity contribution is -0.104. The number of nitrogens with zero attached hydrogens (tertiary/aromatic N) is 1. The first-order valence-corrected chi connectivity index (χ1v) is 5.41. The summed E-state index contributed by atoms with van der Waals surface area (Å²) in [7, 11) is 0. The molecule has 0 amide bonds. The van der Waals surface area contributed by atoms with Crippen LogP contribution in [0.25, 0.3) is 17.3 Å². The summed E-state index contributed by atoms with van der Waals surface area (Å²) in [6.07, 6.45) is 3.92. The number of benzene rings is 1. The zero-order chi connectivity index (χ0) is 10.5. The van der Waals surface area contributed by atoms with Gasteiger partial charge in [0.15, 0.2) is 0 Å². The van der Waals surface area contributed by atoms with Crippen molar-refractivity contribution >= 4 is 23.7 Å². The molecular weight excluding hydrogens is 206 g/mol. The number of allylic oxidation sites excluding steroid dienone is 1. The molecule has 0 atom stereocenters. The van der Waals surface area contributed by atoms with Crippen LogP contribution in [0.4, 0.5) is 0 Å². The maximum absolute atomic E-state index is 10.1. The van der Waals surface area contributed by atoms with Crippen LogP contribution in [0.15, 0.2) is 41.8 Å². The van der Waals surface area contributed by atoms with Crippen molar-refractivity contribution in [1.29, 1.82) is 0 Å². The molecule has 0 N–H and O–H groups in total. The third-order valence-corrected chi connectivity index (χ3v) is 2.72. The molecule has 2 nitrogen and oxygen atoms in total. The van der Waals surface area contributed by atoms with Gasteiger partial charge in [-0.1, -0.05) is 30.3 Å². The highest BCUT2D eigenvalue weighted by atomic mass is 32.1. The number of aldehydes is 1. The first kappa shape index (κ1) is 9.80. The predicted molar refractivity (Wildman–Crippen MR) is 62.6 cm³/mol. The SMILES string of the molecule is O=CC=Cc1nc(-c2ccccc2)cs1. The average molecular weight is 215 g/mol.